The van der Waals surface area contributed by atoms with Gasteiger partial charge < -0.3 is 10.4 Å². The van der Waals surface area contributed by atoms with Gasteiger partial charge in [-0.05, 0) is 23.8 Å². The second-order valence-corrected chi connectivity index (χ2v) is 5.61. The molecule has 0 radical (unpaired) electrons. The second-order valence-electron chi connectivity index (χ2n) is 5.20. The number of nitrogens with one attached hydrogen (secondary N) is 1. The van der Waals surface area contributed by atoms with Crippen LogP contribution in [-0.2, 0) is 17.4 Å². The van der Waals surface area contributed by atoms with Crippen LogP contribution in [0.1, 0.15) is 21.5 Å². The van der Waals surface area contributed by atoms with Gasteiger partial charge in [-0.1, -0.05) is 41.9 Å². The molecule has 0 bridgehead atoms. The summed E-state index contributed by atoms with van der Waals surface area (Å²) in [6.07, 6.45) is -5.13. The largest absolute Gasteiger partial charge is 0.480 e. The number of carboxylic acids is 1. The third-order valence-electron chi connectivity index (χ3n) is 3.47. The van der Waals surface area contributed by atoms with Crippen molar-refractivity contribution in [3.63, 3.8) is 0 Å². The molecule has 132 valence electrons. The number of benzene rings is 2. The van der Waals surface area contributed by atoms with Gasteiger partial charge in [0.2, 0.25) is 0 Å². The van der Waals surface area contributed by atoms with Crippen LogP contribution in [0, 0.1) is 0 Å². The fourth-order valence-corrected chi connectivity index (χ4v) is 2.50. The number of carbonyl (C=O) groups is 2. The molecular weight excluding hydrogens is 359 g/mol. The smallest absolute Gasteiger partial charge is 0.416 e. The van der Waals surface area contributed by atoms with Crippen LogP contribution in [0.2, 0.25) is 5.02 Å². The van der Waals surface area contributed by atoms with E-state index >= 15 is 0 Å². The van der Waals surface area contributed by atoms with Gasteiger partial charge in [0.05, 0.1) is 16.1 Å². The van der Waals surface area contributed by atoms with Gasteiger partial charge in [0, 0.05) is 6.42 Å². The van der Waals surface area contributed by atoms with Gasteiger partial charge in [-0.25, -0.2) is 4.79 Å². The van der Waals surface area contributed by atoms with Crippen molar-refractivity contribution in [2.75, 3.05) is 0 Å². The van der Waals surface area contributed by atoms with Crippen LogP contribution < -0.4 is 5.32 Å². The summed E-state index contributed by atoms with van der Waals surface area (Å²) in [6, 6.07) is 9.06. The molecule has 2 aromatic rings. The SMILES string of the molecule is O=C(N[C@@H](Cc1ccccc1C(F)(F)F)C(=O)O)c1ccccc1Cl. The van der Waals surface area contributed by atoms with Crippen LogP contribution in [-0.4, -0.2) is 23.0 Å². The van der Waals surface area contributed by atoms with Crippen molar-refractivity contribution in [3.05, 3.63) is 70.2 Å². The first kappa shape index (κ1) is 18.8. The molecule has 1 amide bonds. The molecule has 2 aromatic carbocycles. The first-order valence-corrected chi connectivity index (χ1v) is 7.51. The van der Waals surface area contributed by atoms with Gasteiger partial charge in [0.15, 0.2) is 0 Å². The zero-order valence-electron chi connectivity index (χ0n) is 12.7. The maximum absolute atomic E-state index is 13.0. The molecule has 2 rings (SSSR count). The summed E-state index contributed by atoms with van der Waals surface area (Å²) in [6.45, 7) is 0. The molecule has 0 aliphatic rings. The molecule has 0 aliphatic carbocycles. The lowest BCUT2D eigenvalue weighted by Crippen LogP contribution is -2.42. The fraction of sp³-hybridized carbons (Fsp3) is 0.176. The maximum Gasteiger partial charge on any atom is 0.416 e. The van der Waals surface area contributed by atoms with Gasteiger partial charge in [0.25, 0.3) is 5.91 Å². The number of aliphatic carboxylic acids is 1. The van der Waals surface area contributed by atoms with Crippen molar-refractivity contribution >= 4 is 23.5 Å². The Morgan fingerprint density at radius 1 is 1.08 bits per heavy atom. The van der Waals surface area contributed by atoms with E-state index in [-0.39, 0.29) is 16.1 Å². The summed E-state index contributed by atoms with van der Waals surface area (Å²) in [4.78, 5) is 23.6. The Bertz CT molecular complexity index is 793. The van der Waals surface area contributed by atoms with E-state index in [2.05, 4.69) is 5.32 Å². The highest BCUT2D eigenvalue weighted by Gasteiger charge is 2.34. The van der Waals surface area contributed by atoms with Crippen LogP contribution in [0.15, 0.2) is 48.5 Å². The van der Waals surface area contributed by atoms with Gasteiger partial charge in [-0.15, -0.1) is 0 Å². The number of hydrogen-bond acceptors (Lipinski definition) is 2. The monoisotopic (exact) mass is 371 g/mol. The minimum Gasteiger partial charge on any atom is -0.480 e. The Labute approximate surface area is 146 Å². The Balaban J connectivity index is 2.25. The molecule has 4 nitrogen and oxygen atoms in total. The lowest BCUT2D eigenvalue weighted by Gasteiger charge is -2.18. The van der Waals surface area contributed by atoms with Gasteiger partial charge in [-0.3, -0.25) is 4.79 Å². The predicted molar refractivity (Wildman–Crippen MR) is 85.5 cm³/mol. The number of halogens is 4. The summed E-state index contributed by atoms with van der Waals surface area (Å²) in [7, 11) is 0. The molecule has 0 aliphatic heterocycles. The van der Waals surface area contributed by atoms with E-state index in [1.54, 1.807) is 6.07 Å². The number of amides is 1. The number of alkyl halides is 3. The lowest BCUT2D eigenvalue weighted by atomic mass is 9.99. The Morgan fingerprint density at radius 2 is 1.68 bits per heavy atom. The average Bonchev–Trinajstić information content (AvgIpc) is 2.54. The zero-order chi connectivity index (χ0) is 18.6. The molecule has 0 fully saturated rings. The van der Waals surface area contributed by atoms with E-state index < -0.39 is 36.1 Å². The maximum atomic E-state index is 13.0. The fourth-order valence-electron chi connectivity index (χ4n) is 2.28. The molecular formula is C17H13ClF3NO3. The minimum absolute atomic E-state index is 0.0412. The van der Waals surface area contributed by atoms with Crippen molar-refractivity contribution < 1.29 is 27.9 Å². The predicted octanol–water partition coefficient (Wildman–Crippen LogP) is 3.78. The molecule has 25 heavy (non-hydrogen) atoms. The first-order valence-electron chi connectivity index (χ1n) is 7.13. The quantitative estimate of drug-likeness (QED) is 0.840. The summed E-state index contributed by atoms with van der Waals surface area (Å²) < 4.78 is 39.1. The van der Waals surface area contributed by atoms with E-state index in [0.29, 0.717) is 0 Å². The summed E-state index contributed by atoms with van der Waals surface area (Å²) >= 11 is 5.87. The van der Waals surface area contributed by atoms with Gasteiger partial charge in [0.1, 0.15) is 6.04 Å². The molecule has 0 unspecified atom stereocenters. The van der Waals surface area contributed by atoms with Crippen molar-refractivity contribution in [3.8, 4) is 0 Å². The number of hydrogen-bond donors (Lipinski definition) is 2. The second kappa shape index (κ2) is 7.57. The Hall–Kier alpha value is -2.54. The van der Waals surface area contributed by atoms with Crippen LogP contribution in [0.4, 0.5) is 13.2 Å². The molecule has 0 saturated carbocycles. The summed E-state index contributed by atoms with van der Waals surface area (Å²) in [5, 5.41) is 11.6. The van der Waals surface area contributed by atoms with E-state index in [1.165, 1.54) is 36.4 Å². The highest BCUT2D eigenvalue weighted by Crippen LogP contribution is 2.32. The number of rotatable bonds is 5. The summed E-state index contributed by atoms with van der Waals surface area (Å²) in [5.41, 5.74) is -1.12. The van der Waals surface area contributed by atoms with E-state index in [0.717, 1.165) is 6.07 Å². The van der Waals surface area contributed by atoms with E-state index in [4.69, 9.17) is 11.6 Å². The zero-order valence-corrected chi connectivity index (χ0v) is 13.4. The van der Waals surface area contributed by atoms with Crippen LogP contribution in [0.5, 0.6) is 0 Å². The lowest BCUT2D eigenvalue weighted by molar-refractivity contribution is -0.141. The minimum atomic E-state index is -4.62. The highest BCUT2D eigenvalue weighted by molar-refractivity contribution is 6.33. The summed E-state index contributed by atoms with van der Waals surface area (Å²) in [5.74, 6) is -2.22. The van der Waals surface area contributed by atoms with E-state index in [9.17, 15) is 27.9 Å². The van der Waals surface area contributed by atoms with Crippen LogP contribution >= 0.6 is 11.6 Å². The number of carboxylic acid groups (broad SMARTS) is 1. The van der Waals surface area contributed by atoms with Crippen molar-refractivity contribution in [1.29, 1.82) is 0 Å². The van der Waals surface area contributed by atoms with Gasteiger partial charge >= 0.3 is 12.1 Å². The Morgan fingerprint density at radius 3 is 2.28 bits per heavy atom. The standard InChI is InChI=1S/C17H13ClF3NO3/c18-13-8-4-2-6-11(13)15(23)22-14(16(24)25)9-10-5-1-3-7-12(10)17(19,20)21/h1-8,14H,9H2,(H,22,23)(H,24,25)/t14-/m0/s1. The van der Waals surface area contributed by atoms with Crippen LogP contribution in [0.25, 0.3) is 0 Å². The molecule has 0 heterocycles. The van der Waals surface area contributed by atoms with Crippen molar-refractivity contribution in [1.82, 2.24) is 5.32 Å². The molecule has 0 aromatic heterocycles. The molecule has 0 saturated heterocycles. The van der Waals surface area contributed by atoms with E-state index in [1.807, 2.05) is 0 Å². The third-order valence-corrected chi connectivity index (χ3v) is 3.80. The third kappa shape index (κ3) is 4.73. The highest BCUT2D eigenvalue weighted by atomic mass is 35.5. The van der Waals surface area contributed by atoms with Crippen molar-refractivity contribution in [2.24, 2.45) is 0 Å². The number of carbonyl (C=O) groups excluding carboxylic acids is 1. The first-order chi connectivity index (χ1) is 11.7. The molecule has 0 spiro atoms. The topological polar surface area (TPSA) is 66.4 Å². The molecule has 1 atom stereocenters. The molecule has 2 N–H and O–H groups in total. The average molecular weight is 372 g/mol. The normalized spacial score (nSPS) is 12.5. The van der Waals surface area contributed by atoms with Gasteiger partial charge in [-0.2, -0.15) is 13.2 Å². The van der Waals surface area contributed by atoms with Crippen LogP contribution in [0.3, 0.4) is 0 Å². The molecule has 8 heteroatoms. The van der Waals surface area contributed by atoms with Crippen molar-refractivity contribution in [2.45, 2.75) is 18.6 Å². The Kier molecular flexibility index (Phi) is 5.69.